The van der Waals surface area contributed by atoms with Gasteiger partial charge < -0.3 is 14.8 Å². The van der Waals surface area contributed by atoms with Gasteiger partial charge in [-0.3, -0.25) is 0 Å². The Kier molecular flexibility index (Phi) is 5.31. The molecule has 1 atom stereocenters. The Morgan fingerprint density at radius 3 is 3.04 bits per heavy atom. The van der Waals surface area contributed by atoms with Crippen molar-refractivity contribution in [2.24, 2.45) is 7.05 Å². The first-order valence-electron chi connectivity index (χ1n) is 8.78. The first kappa shape index (κ1) is 16.0. The molecule has 1 aromatic heterocycles. The number of piperidine rings is 1. The minimum atomic E-state index is 0.0632. The smallest absolute Gasteiger partial charge is 0.317 e. The average Bonchev–Trinajstić information content (AvgIpc) is 3.02. The van der Waals surface area contributed by atoms with Crippen molar-refractivity contribution in [1.29, 1.82) is 0 Å². The van der Waals surface area contributed by atoms with Crippen LogP contribution in [0.5, 0.6) is 0 Å². The molecule has 1 N–H and O–H groups in total. The first-order valence-corrected chi connectivity index (χ1v) is 8.78. The molecule has 2 aliphatic rings. The molecule has 6 nitrogen and oxygen atoms in total. The van der Waals surface area contributed by atoms with Crippen molar-refractivity contribution < 1.29 is 4.79 Å². The summed E-state index contributed by atoms with van der Waals surface area (Å²) in [6, 6.07) is 0.0632. The predicted molar refractivity (Wildman–Crippen MR) is 89.1 cm³/mol. The summed E-state index contributed by atoms with van der Waals surface area (Å²) < 4.78 is 1.96. The lowest BCUT2D eigenvalue weighted by molar-refractivity contribution is 0.178. The third-order valence-electron chi connectivity index (χ3n) is 4.93. The number of carbonyl (C=O) groups is 1. The maximum absolute atomic E-state index is 12.4. The quantitative estimate of drug-likeness (QED) is 0.868. The highest BCUT2D eigenvalue weighted by atomic mass is 16.2. The molecule has 6 heteroatoms. The van der Waals surface area contributed by atoms with Gasteiger partial charge in [0.2, 0.25) is 0 Å². The maximum atomic E-state index is 12.4. The van der Waals surface area contributed by atoms with Crippen LogP contribution in [0.15, 0.2) is 18.0 Å². The normalized spacial score (nSPS) is 21.9. The number of allylic oxidation sites excluding steroid dienone is 1. The number of nitrogens with one attached hydrogen (secondary N) is 1. The highest BCUT2D eigenvalue weighted by Gasteiger charge is 2.27. The molecule has 0 saturated carbocycles. The Balaban J connectivity index is 1.47. The van der Waals surface area contributed by atoms with Gasteiger partial charge in [-0.2, -0.15) is 0 Å². The van der Waals surface area contributed by atoms with E-state index >= 15 is 0 Å². The molecule has 1 saturated heterocycles. The zero-order valence-electron chi connectivity index (χ0n) is 14.0. The molecule has 0 unspecified atom stereocenters. The zero-order valence-corrected chi connectivity index (χ0v) is 14.0. The Bertz CT molecular complexity index is 565. The van der Waals surface area contributed by atoms with Crippen molar-refractivity contribution in [1.82, 2.24) is 25.0 Å². The van der Waals surface area contributed by atoms with E-state index in [4.69, 9.17) is 0 Å². The lowest BCUT2D eigenvalue weighted by Crippen LogP contribution is -2.45. The molecular weight excluding hydrogens is 290 g/mol. The van der Waals surface area contributed by atoms with E-state index in [0.717, 1.165) is 44.7 Å². The van der Waals surface area contributed by atoms with Crippen LogP contribution < -0.4 is 5.32 Å². The van der Waals surface area contributed by atoms with Crippen LogP contribution in [-0.2, 0) is 7.05 Å². The first-order chi connectivity index (χ1) is 11.2. The van der Waals surface area contributed by atoms with Crippen molar-refractivity contribution in [2.75, 3.05) is 19.6 Å². The number of amides is 2. The van der Waals surface area contributed by atoms with Gasteiger partial charge in [0.05, 0.1) is 0 Å². The van der Waals surface area contributed by atoms with E-state index in [2.05, 4.69) is 21.6 Å². The van der Waals surface area contributed by atoms with E-state index in [1.807, 2.05) is 16.5 Å². The van der Waals surface area contributed by atoms with Crippen LogP contribution in [-0.4, -0.2) is 45.3 Å². The van der Waals surface area contributed by atoms with E-state index in [-0.39, 0.29) is 6.03 Å². The molecule has 23 heavy (non-hydrogen) atoms. The molecule has 1 aliphatic carbocycles. The molecule has 126 valence electrons. The third kappa shape index (κ3) is 4.12. The topological polar surface area (TPSA) is 63.1 Å². The van der Waals surface area contributed by atoms with Crippen molar-refractivity contribution in [3.63, 3.8) is 0 Å². The van der Waals surface area contributed by atoms with Gasteiger partial charge in [-0.15, -0.1) is 10.2 Å². The average molecular weight is 317 g/mol. The number of rotatable bonds is 4. The molecule has 1 fully saturated rings. The van der Waals surface area contributed by atoms with E-state index in [9.17, 15) is 4.79 Å². The summed E-state index contributed by atoms with van der Waals surface area (Å²) in [5.41, 5.74) is 1.51. The molecular formula is C17H27N5O. The molecule has 1 aliphatic heterocycles. The molecule has 3 rings (SSSR count). The molecule has 0 radical (unpaired) electrons. The summed E-state index contributed by atoms with van der Waals surface area (Å²) in [5, 5.41) is 11.2. The summed E-state index contributed by atoms with van der Waals surface area (Å²) in [5.74, 6) is 1.28. The maximum Gasteiger partial charge on any atom is 0.317 e. The minimum absolute atomic E-state index is 0.0632. The fourth-order valence-electron chi connectivity index (χ4n) is 3.61. The van der Waals surface area contributed by atoms with E-state index in [1.54, 1.807) is 6.33 Å². The van der Waals surface area contributed by atoms with E-state index < -0.39 is 0 Å². The number of hydrogen-bond acceptors (Lipinski definition) is 3. The largest absolute Gasteiger partial charge is 0.338 e. The number of hydrogen-bond donors (Lipinski definition) is 1. The van der Waals surface area contributed by atoms with Gasteiger partial charge in [-0.1, -0.05) is 11.6 Å². The van der Waals surface area contributed by atoms with Crippen LogP contribution >= 0.6 is 0 Å². The van der Waals surface area contributed by atoms with Crippen molar-refractivity contribution >= 4 is 6.03 Å². The molecule has 0 spiro atoms. The number of carbonyl (C=O) groups excluding carboxylic acids is 1. The number of likely N-dealkylation sites (tertiary alicyclic amines) is 1. The Morgan fingerprint density at radius 1 is 1.39 bits per heavy atom. The Morgan fingerprint density at radius 2 is 2.30 bits per heavy atom. The highest BCUT2D eigenvalue weighted by molar-refractivity contribution is 5.74. The molecule has 1 aromatic rings. The van der Waals surface area contributed by atoms with Crippen molar-refractivity contribution in [3.05, 3.63) is 23.8 Å². The number of nitrogens with zero attached hydrogens (tertiary/aromatic N) is 4. The van der Waals surface area contributed by atoms with Gasteiger partial charge >= 0.3 is 6.03 Å². The van der Waals surface area contributed by atoms with E-state index in [1.165, 1.54) is 31.3 Å². The molecule has 2 heterocycles. The van der Waals surface area contributed by atoms with Gasteiger partial charge in [-0.25, -0.2) is 4.79 Å². The fraction of sp³-hybridized carbons (Fsp3) is 0.706. The van der Waals surface area contributed by atoms with Crippen LogP contribution in [0.2, 0.25) is 0 Å². The molecule has 2 amide bonds. The third-order valence-corrected chi connectivity index (χ3v) is 4.93. The Hall–Kier alpha value is -1.85. The SMILES string of the molecule is Cn1cnnc1[C@H]1CCCN(C(=O)NCCC2=CCCCC2)C1. The monoisotopic (exact) mass is 317 g/mol. The van der Waals surface area contributed by atoms with E-state index in [0.29, 0.717) is 5.92 Å². The molecule has 0 bridgehead atoms. The van der Waals surface area contributed by atoms with Gasteiger partial charge in [0.15, 0.2) is 0 Å². The fourth-order valence-corrected chi connectivity index (χ4v) is 3.61. The standard InChI is InChI=1S/C17H27N5O/c1-21-13-19-20-16(21)15-8-5-11-22(12-15)17(23)18-10-9-14-6-3-2-4-7-14/h6,13,15H,2-5,7-12H2,1H3,(H,18,23)/t15-/m0/s1. The van der Waals surface area contributed by atoms with Crippen LogP contribution in [0, 0.1) is 0 Å². The lowest BCUT2D eigenvalue weighted by atomic mass is 9.97. The summed E-state index contributed by atoms with van der Waals surface area (Å²) in [6.07, 6.45) is 12.2. The van der Waals surface area contributed by atoms with Crippen molar-refractivity contribution in [2.45, 2.75) is 50.9 Å². The van der Waals surface area contributed by atoms with Crippen molar-refractivity contribution in [3.8, 4) is 0 Å². The number of aryl methyl sites for hydroxylation is 1. The lowest BCUT2D eigenvalue weighted by Gasteiger charge is -2.32. The van der Waals surface area contributed by atoms with Crippen LogP contribution in [0.25, 0.3) is 0 Å². The second-order valence-corrected chi connectivity index (χ2v) is 6.68. The zero-order chi connectivity index (χ0) is 16.1. The second kappa shape index (κ2) is 7.62. The number of urea groups is 1. The van der Waals surface area contributed by atoms with Gasteiger partial charge in [0.25, 0.3) is 0 Å². The minimum Gasteiger partial charge on any atom is -0.338 e. The van der Waals surface area contributed by atoms with Gasteiger partial charge in [-0.05, 0) is 44.9 Å². The highest BCUT2D eigenvalue weighted by Crippen LogP contribution is 2.25. The van der Waals surface area contributed by atoms with Gasteiger partial charge in [0, 0.05) is 32.6 Å². The second-order valence-electron chi connectivity index (χ2n) is 6.68. The van der Waals surface area contributed by atoms with Crippen LogP contribution in [0.1, 0.15) is 56.7 Å². The summed E-state index contributed by atoms with van der Waals surface area (Å²) in [4.78, 5) is 14.3. The van der Waals surface area contributed by atoms with Gasteiger partial charge in [0.1, 0.15) is 12.2 Å². The van der Waals surface area contributed by atoms with Crippen LogP contribution in [0.4, 0.5) is 4.79 Å². The van der Waals surface area contributed by atoms with Crippen LogP contribution in [0.3, 0.4) is 0 Å². The summed E-state index contributed by atoms with van der Waals surface area (Å²) in [6.45, 7) is 2.32. The predicted octanol–water partition coefficient (Wildman–Crippen LogP) is 2.59. The Labute approximate surface area is 138 Å². The summed E-state index contributed by atoms with van der Waals surface area (Å²) >= 11 is 0. The summed E-state index contributed by atoms with van der Waals surface area (Å²) in [7, 11) is 1.96. The number of aromatic nitrogens is 3. The molecule has 0 aromatic carbocycles.